The molecule has 16 heteroatoms. The predicted molar refractivity (Wildman–Crippen MR) is 120 cm³/mol. The molecule has 2 N–H and O–H groups in total. The van der Waals surface area contributed by atoms with E-state index in [0.717, 1.165) is 0 Å². The van der Waals surface area contributed by atoms with E-state index in [-0.39, 0.29) is 124 Å². The number of carboxylic acids is 2. The predicted octanol–water partition coefficient (Wildman–Crippen LogP) is -4.64. The molecule has 209 valence electrons. The number of aliphatic carboxylic acids is 2. The summed E-state index contributed by atoms with van der Waals surface area (Å²) in [6.07, 6.45) is 1.70. The Morgan fingerprint density at radius 3 is 1.78 bits per heavy atom. The first-order valence-electron chi connectivity index (χ1n) is 11.4. The molecule has 1 radical (unpaired) electrons. The van der Waals surface area contributed by atoms with Crippen molar-refractivity contribution >= 4 is 17.8 Å². The van der Waals surface area contributed by atoms with Crippen molar-refractivity contribution in [3.8, 4) is 0 Å². The van der Waals surface area contributed by atoms with Crippen molar-refractivity contribution in [2.75, 3.05) is 78.5 Å². The molecule has 2 rings (SSSR count). The summed E-state index contributed by atoms with van der Waals surface area (Å²) in [6, 6.07) is 0. The minimum absolute atomic E-state index is 0. The van der Waals surface area contributed by atoms with Gasteiger partial charge in [0.1, 0.15) is 5.69 Å². The summed E-state index contributed by atoms with van der Waals surface area (Å²) < 4.78 is 1.54. The molecule has 0 saturated carbocycles. The maximum atomic E-state index is 12.6. The van der Waals surface area contributed by atoms with Gasteiger partial charge < -0.3 is 25.4 Å². The molecule has 2 heterocycles. The normalized spacial score (nSPS) is 16.9. The quantitative estimate of drug-likeness (QED) is 0.217. The van der Waals surface area contributed by atoms with Crippen LogP contribution in [0.3, 0.4) is 0 Å². The maximum Gasteiger partial charge on any atom is 3.00 e. The van der Waals surface area contributed by atoms with Gasteiger partial charge >= 0.3 is 45.9 Å². The molecule has 0 aliphatic carbocycles. The summed E-state index contributed by atoms with van der Waals surface area (Å²) in [7, 11) is 1.73. The molecule has 0 spiro atoms. The average Bonchev–Trinajstić information content (AvgIpc) is 3.18. The van der Waals surface area contributed by atoms with Crippen LogP contribution >= 0.6 is 0 Å². The third-order valence-corrected chi connectivity index (χ3v) is 5.53. The number of aromatic nitrogens is 3. The fraction of sp³-hybridized carbons (Fsp3) is 0.667. The Balaban J connectivity index is 0.00000648. The van der Waals surface area contributed by atoms with Gasteiger partial charge in [-0.1, -0.05) is 5.21 Å². The van der Waals surface area contributed by atoms with Crippen LogP contribution in [-0.4, -0.2) is 136 Å². The summed E-state index contributed by atoms with van der Waals surface area (Å²) in [5.41, 5.74) is 0.618. The minimum Gasteiger partial charge on any atom is -0.875 e. The first-order valence-corrected chi connectivity index (χ1v) is 11.4. The standard InChI is InChI=1S/C21H36N8O6.2Gd/c1-17(30)12-26-3-7-28(15-20(32)33)9-5-27(6-10-29(8-4-26)16-21(34)35)14-19(31)22-11-18-13-25(2)24-23-18;;/h13,30H,1,3-12,14-16H2,2H3,(H,22,31)(H,32,33)(H,34,35);;/q;;+3/p-2. The fourth-order valence-electron chi connectivity index (χ4n) is 3.76. The molecule has 1 aromatic rings. The van der Waals surface area contributed by atoms with Gasteiger partial charge in [-0.05, 0) is 0 Å². The number of carboxylic acid groups (broad SMARTS) is 2. The van der Waals surface area contributed by atoms with Crippen molar-refractivity contribution in [1.82, 2.24) is 39.9 Å². The van der Waals surface area contributed by atoms with Crippen molar-refractivity contribution in [2.24, 2.45) is 7.05 Å². The number of aryl methyl sites for hydroxylation is 1. The SMILES string of the molecule is C=C([O-])CN1CCN(CC(=O)[O-])CCN(CC(=O)NCc2cn(C)nn2)CCN(CC(=O)O)CC1.[Gd+3].[Gd]. The molecule has 0 unspecified atom stereocenters. The summed E-state index contributed by atoms with van der Waals surface area (Å²) >= 11 is 0. The maximum absolute atomic E-state index is 12.6. The van der Waals surface area contributed by atoms with E-state index in [9.17, 15) is 29.7 Å². The van der Waals surface area contributed by atoms with Crippen LogP contribution in [0.4, 0.5) is 0 Å². The van der Waals surface area contributed by atoms with Gasteiger partial charge in [-0.2, -0.15) is 0 Å². The molecule has 1 fully saturated rings. The van der Waals surface area contributed by atoms with Gasteiger partial charge in [0, 0.05) is 119 Å². The van der Waals surface area contributed by atoms with Crippen molar-refractivity contribution in [3.63, 3.8) is 0 Å². The summed E-state index contributed by atoms with van der Waals surface area (Å²) in [6.45, 7) is 6.48. The molecule has 1 amide bonds. The first-order chi connectivity index (χ1) is 16.6. The minimum atomic E-state index is -1.21. The zero-order chi connectivity index (χ0) is 25.8. The van der Waals surface area contributed by atoms with Crippen LogP contribution in [0.5, 0.6) is 0 Å². The van der Waals surface area contributed by atoms with Crippen molar-refractivity contribution < 1.29 is 110 Å². The van der Waals surface area contributed by atoms with Crippen LogP contribution in [0.15, 0.2) is 18.5 Å². The number of carbonyl (C=O) groups excluding carboxylic acids is 2. The number of hydrogen-bond donors (Lipinski definition) is 2. The van der Waals surface area contributed by atoms with Gasteiger partial charge in [0.05, 0.1) is 25.6 Å². The number of nitrogens with zero attached hydrogens (tertiary/aromatic N) is 7. The second-order valence-corrected chi connectivity index (χ2v) is 8.57. The van der Waals surface area contributed by atoms with Crippen LogP contribution in [-0.2, 0) is 28.0 Å². The van der Waals surface area contributed by atoms with Crippen LogP contribution in [0.1, 0.15) is 5.69 Å². The molecule has 1 aromatic heterocycles. The van der Waals surface area contributed by atoms with Gasteiger partial charge in [-0.3, -0.25) is 33.9 Å². The summed E-state index contributed by atoms with van der Waals surface area (Å²) in [4.78, 5) is 42.3. The second-order valence-electron chi connectivity index (χ2n) is 8.57. The van der Waals surface area contributed by atoms with Gasteiger partial charge in [-0.15, -0.1) is 17.4 Å². The number of hydrogen-bond acceptors (Lipinski definition) is 11. The number of amides is 1. The number of rotatable bonds is 10. The van der Waals surface area contributed by atoms with Gasteiger partial charge in [0.25, 0.3) is 0 Å². The molecular weight excluding hydrogens is 775 g/mol. The van der Waals surface area contributed by atoms with E-state index < -0.39 is 11.9 Å². The molecule has 14 nitrogen and oxygen atoms in total. The van der Waals surface area contributed by atoms with Gasteiger partial charge in [-0.25, -0.2) is 0 Å². The molecule has 37 heavy (non-hydrogen) atoms. The van der Waals surface area contributed by atoms with E-state index in [4.69, 9.17) is 0 Å². The number of nitrogens with one attached hydrogen (secondary N) is 1. The Bertz CT molecular complexity index is 842. The average molecular weight is 809 g/mol. The molecule has 0 atom stereocenters. The Labute approximate surface area is 280 Å². The second kappa shape index (κ2) is 19.6. The van der Waals surface area contributed by atoms with E-state index in [1.807, 2.05) is 9.80 Å². The Morgan fingerprint density at radius 1 is 0.919 bits per heavy atom. The van der Waals surface area contributed by atoms with E-state index in [1.54, 1.807) is 23.0 Å². The summed E-state index contributed by atoms with van der Waals surface area (Å²) in [5.74, 6) is -2.69. The molecule has 1 saturated heterocycles. The van der Waals surface area contributed by atoms with E-state index in [0.29, 0.717) is 58.1 Å². The third-order valence-electron chi connectivity index (χ3n) is 5.53. The van der Waals surface area contributed by atoms with Crippen molar-refractivity contribution in [2.45, 2.75) is 6.54 Å². The van der Waals surface area contributed by atoms with Crippen molar-refractivity contribution in [1.29, 1.82) is 0 Å². The van der Waals surface area contributed by atoms with Crippen LogP contribution in [0.25, 0.3) is 0 Å². The van der Waals surface area contributed by atoms with Gasteiger partial charge in [0.15, 0.2) is 0 Å². The Hall–Kier alpha value is -0.421. The zero-order valence-electron chi connectivity index (χ0n) is 20.8. The topological polar surface area (TPSA) is 173 Å². The van der Waals surface area contributed by atoms with Crippen LogP contribution in [0.2, 0.25) is 0 Å². The monoisotopic (exact) mass is 810 g/mol. The van der Waals surface area contributed by atoms with E-state index in [2.05, 4.69) is 22.2 Å². The van der Waals surface area contributed by atoms with Crippen LogP contribution < -0.4 is 15.5 Å². The fourth-order valence-corrected chi connectivity index (χ4v) is 3.76. The largest absolute Gasteiger partial charge is 3.00 e. The molecular formula is C21H34Gd2N8O6+. The van der Waals surface area contributed by atoms with E-state index in [1.165, 1.54) is 4.68 Å². The van der Waals surface area contributed by atoms with E-state index >= 15 is 0 Å². The third kappa shape index (κ3) is 16.3. The van der Waals surface area contributed by atoms with Gasteiger partial charge in [0.2, 0.25) is 5.91 Å². The molecule has 1 aliphatic rings. The molecule has 0 bridgehead atoms. The zero-order valence-corrected chi connectivity index (χ0v) is 25.3. The van der Waals surface area contributed by atoms with Crippen LogP contribution in [0, 0.1) is 79.9 Å². The van der Waals surface area contributed by atoms with Crippen molar-refractivity contribution in [3.05, 3.63) is 24.2 Å². The number of carbonyl (C=O) groups is 3. The smallest absolute Gasteiger partial charge is 0.875 e. The Kier molecular flexibility index (Phi) is 19.4. The Morgan fingerprint density at radius 2 is 1.38 bits per heavy atom. The molecule has 0 aromatic carbocycles. The molecule has 1 aliphatic heterocycles. The summed E-state index contributed by atoms with van der Waals surface area (Å²) in [5, 5.41) is 42.6. The first kappa shape index (κ1) is 36.6.